The molecule has 0 saturated carbocycles. The van der Waals surface area contributed by atoms with E-state index in [0.717, 1.165) is 6.42 Å². The Morgan fingerprint density at radius 2 is 2.27 bits per heavy atom. The van der Waals surface area contributed by atoms with Gasteiger partial charge in [-0.3, -0.25) is 10.1 Å². The summed E-state index contributed by atoms with van der Waals surface area (Å²) in [5, 5.41) is 11.1. The van der Waals surface area contributed by atoms with Gasteiger partial charge in [-0.15, -0.1) is 0 Å². The number of nitro benzene ring substituents is 1. The van der Waals surface area contributed by atoms with Gasteiger partial charge in [-0.1, -0.05) is 17.7 Å². The summed E-state index contributed by atoms with van der Waals surface area (Å²) in [4.78, 5) is 10.3. The summed E-state index contributed by atoms with van der Waals surface area (Å²) in [7, 11) is 1.61. The average Bonchev–Trinajstić information content (AvgIpc) is 2.20. The first-order chi connectivity index (χ1) is 7.15. The van der Waals surface area contributed by atoms with Crippen LogP contribution in [0.2, 0.25) is 5.02 Å². The highest BCUT2D eigenvalue weighted by Crippen LogP contribution is 2.24. The highest BCUT2D eigenvalue weighted by Gasteiger charge is 2.13. The molecular weight excluding hydrogens is 218 g/mol. The molecule has 0 radical (unpaired) electrons. The fourth-order valence-electron chi connectivity index (χ4n) is 1.33. The summed E-state index contributed by atoms with van der Waals surface area (Å²) >= 11 is 5.69. The van der Waals surface area contributed by atoms with E-state index in [1.807, 2.05) is 0 Å². The lowest BCUT2D eigenvalue weighted by Crippen LogP contribution is -1.98. The predicted molar refractivity (Wildman–Crippen MR) is 58.3 cm³/mol. The standard InChI is InChI=1S/C10H12ClNO3/c1-15-6-2-3-8-4-5-9(11)7-10(8)12(13)14/h4-5,7H,2-3,6H2,1H3. The van der Waals surface area contributed by atoms with Crippen molar-refractivity contribution in [2.45, 2.75) is 12.8 Å². The van der Waals surface area contributed by atoms with Gasteiger partial charge in [0.25, 0.3) is 5.69 Å². The number of hydrogen-bond donors (Lipinski definition) is 0. The molecule has 1 aromatic rings. The number of methoxy groups -OCH3 is 1. The summed E-state index contributed by atoms with van der Waals surface area (Å²) in [5.74, 6) is 0. The van der Waals surface area contributed by atoms with Crippen molar-refractivity contribution in [3.8, 4) is 0 Å². The van der Waals surface area contributed by atoms with Gasteiger partial charge in [0.2, 0.25) is 0 Å². The molecule has 0 bridgehead atoms. The highest BCUT2D eigenvalue weighted by molar-refractivity contribution is 6.30. The van der Waals surface area contributed by atoms with Gasteiger partial charge in [0.15, 0.2) is 0 Å². The SMILES string of the molecule is COCCCc1ccc(Cl)cc1[N+](=O)[O-]. The van der Waals surface area contributed by atoms with Crippen LogP contribution in [0.5, 0.6) is 0 Å². The number of nitrogens with zero attached hydrogens (tertiary/aromatic N) is 1. The molecule has 0 amide bonds. The van der Waals surface area contributed by atoms with E-state index in [1.165, 1.54) is 6.07 Å². The second kappa shape index (κ2) is 5.68. The zero-order valence-corrected chi connectivity index (χ0v) is 9.16. The third-order valence-electron chi connectivity index (χ3n) is 2.04. The van der Waals surface area contributed by atoms with Crippen LogP contribution in [0.4, 0.5) is 5.69 Å². The predicted octanol–water partition coefficient (Wildman–Crippen LogP) is 2.83. The van der Waals surface area contributed by atoms with Gasteiger partial charge in [-0.25, -0.2) is 0 Å². The second-order valence-corrected chi connectivity index (χ2v) is 3.56. The summed E-state index contributed by atoms with van der Waals surface area (Å²) in [6.45, 7) is 0.597. The third-order valence-corrected chi connectivity index (χ3v) is 2.27. The van der Waals surface area contributed by atoms with E-state index < -0.39 is 4.92 Å². The lowest BCUT2D eigenvalue weighted by atomic mass is 10.1. The molecule has 0 aliphatic rings. The Hall–Kier alpha value is -1.13. The maximum Gasteiger partial charge on any atom is 0.274 e. The van der Waals surface area contributed by atoms with Crippen molar-refractivity contribution in [3.63, 3.8) is 0 Å². The Morgan fingerprint density at radius 3 is 2.87 bits per heavy atom. The molecule has 82 valence electrons. The molecular formula is C10H12ClNO3. The molecule has 0 saturated heterocycles. The van der Waals surface area contributed by atoms with E-state index in [9.17, 15) is 10.1 Å². The van der Waals surface area contributed by atoms with Gasteiger partial charge >= 0.3 is 0 Å². The topological polar surface area (TPSA) is 52.4 Å². The smallest absolute Gasteiger partial charge is 0.274 e. The average molecular weight is 230 g/mol. The number of aryl methyl sites for hydroxylation is 1. The first-order valence-electron chi connectivity index (χ1n) is 4.57. The van der Waals surface area contributed by atoms with Crippen molar-refractivity contribution >= 4 is 17.3 Å². The molecule has 15 heavy (non-hydrogen) atoms. The van der Waals surface area contributed by atoms with Crippen LogP contribution in [-0.4, -0.2) is 18.6 Å². The van der Waals surface area contributed by atoms with Gasteiger partial charge in [-0.05, 0) is 18.9 Å². The Morgan fingerprint density at radius 1 is 1.53 bits per heavy atom. The third kappa shape index (κ3) is 3.49. The van der Waals surface area contributed by atoms with E-state index in [4.69, 9.17) is 16.3 Å². The van der Waals surface area contributed by atoms with E-state index >= 15 is 0 Å². The monoisotopic (exact) mass is 229 g/mol. The number of hydrogen-bond acceptors (Lipinski definition) is 3. The fourth-order valence-corrected chi connectivity index (χ4v) is 1.49. The van der Waals surface area contributed by atoms with Crippen molar-refractivity contribution in [2.24, 2.45) is 0 Å². The van der Waals surface area contributed by atoms with Crippen molar-refractivity contribution < 1.29 is 9.66 Å². The van der Waals surface area contributed by atoms with Crippen molar-refractivity contribution in [3.05, 3.63) is 38.9 Å². The Bertz CT molecular complexity index is 355. The van der Waals surface area contributed by atoms with E-state index in [-0.39, 0.29) is 5.69 Å². The van der Waals surface area contributed by atoms with E-state index in [0.29, 0.717) is 23.6 Å². The molecule has 0 heterocycles. The van der Waals surface area contributed by atoms with Crippen LogP contribution in [0.1, 0.15) is 12.0 Å². The Kier molecular flexibility index (Phi) is 4.52. The highest BCUT2D eigenvalue weighted by atomic mass is 35.5. The van der Waals surface area contributed by atoms with Gasteiger partial charge in [0.05, 0.1) is 4.92 Å². The van der Waals surface area contributed by atoms with Crippen LogP contribution < -0.4 is 0 Å². The molecule has 0 aliphatic carbocycles. The minimum atomic E-state index is -0.409. The summed E-state index contributed by atoms with van der Waals surface area (Å²) in [5.41, 5.74) is 0.778. The summed E-state index contributed by atoms with van der Waals surface area (Å²) < 4.78 is 4.89. The molecule has 0 aliphatic heterocycles. The lowest BCUT2D eigenvalue weighted by molar-refractivity contribution is -0.385. The molecule has 0 atom stereocenters. The maximum atomic E-state index is 10.7. The molecule has 4 nitrogen and oxygen atoms in total. The van der Waals surface area contributed by atoms with E-state index in [2.05, 4.69) is 0 Å². The minimum absolute atomic E-state index is 0.0820. The number of rotatable bonds is 5. The second-order valence-electron chi connectivity index (χ2n) is 3.13. The molecule has 0 fully saturated rings. The van der Waals surface area contributed by atoms with Crippen LogP contribution in [0.15, 0.2) is 18.2 Å². The molecule has 0 unspecified atom stereocenters. The first-order valence-corrected chi connectivity index (χ1v) is 4.94. The van der Waals surface area contributed by atoms with Crippen molar-refractivity contribution in [2.75, 3.05) is 13.7 Å². The minimum Gasteiger partial charge on any atom is -0.385 e. The van der Waals surface area contributed by atoms with Gasteiger partial charge in [0, 0.05) is 30.4 Å². The van der Waals surface area contributed by atoms with Gasteiger partial charge in [-0.2, -0.15) is 0 Å². The van der Waals surface area contributed by atoms with Crippen LogP contribution >= 0.6 is 11.6 Å². The van der Waals surface area contributed by atoms with Gasteiger partial charge < -0.3 is 4.74 Å². The zero-order chi connectivity index (χ0) is 11.3. The number of nitro groups is 1. The molecule has 1 aromatic carbocycles. The first kappa shape index (κ1) is 11.9. The summed E-state index contributed by atoms with van der Waals surface area (Å²) in [6, 6.07) is 4.73. The summed E-state index contributed by atoms with van der Waals surface area (Å²) in [6.07, 6.45) is 1.39. The van der Waals surface area contributed by atoms with Crippen LogP contribution in [0.25, 0.3) is 0 Å². The molecule has 1 rings (SSSR count). The number of ether oxygens (including phenoxy) is 1. The quantitative estimate of drug-likeness (QED) is 0.443. The molecule has 5 heteroatoms. The number of benzene rings is 1. The molecule has 0 aromatic heterocycles. The largest absolute Gasteiger partial charge is 0.385 e. The zero-order valence-electron chi connectivity index (χ0n) is 8.40. The molecule has 0 spiro atoms. The number of halogens is 1. The van der Waals surface area contributed by atoms with Crippen molar-refractivity contribution in [1.82, 2.24) is 0 Å². The van der Waals surface area contributed by atoms with Crippen LogP contribution in [0, 0.1) is 10.1 Å². The molecule has 0 N–H and O–H groups in total. The maximum absolute atomic E-state index is 10.7. The Balaban J connectivity index is 2.81. The van der Waals surface area contributed by atoms with E-state index in [1.54, 1.807) is 19.2 Å². The normalized spacial score (nSPS) is 10.3. The fraction of sp³-hybridized carbons (Fsp3) is 0.400. The van der Waals surface area contributed by atoms with Crippen LogP contribution in [-0.2, 0) is 11.2 Å². The lowest BCUT2D eigenvalue weighted by Gasteiger charge is -2.02. The van der Waals surface area contributed by atoms with Crippen molar-refractivity contribution in [1.29, 1.82) is 0 Å². The van der Waals surface area contributed by atoms with Crippen LogP contribution in [0.3, 0.4) is 0 Å². The Labute approximate surface area is 93.0 Å². The van der Waals surface area contributed by atoms with Gasteiger partial charge in [0.1, 0.15) is 0 Å².